The summed E-state index contributed by atoms with van der Waals surface area (Å²) in [6, 6.07) is 9.47. The summed E-state index contributed by atoms with van der Waals surface area (Å²) in [5.74, 6) is 0.170. The van der Waals surface area contributed by atoms with Gasteiger partial charge < -0.3 is 9.80 Å². The Kier molecular flexibility index (Phi) is 5.20. The lowest BCUT2D eigenvalue weighted by molar-refractivity contribution is -0.130. The van der Waals surface area contributed by atoms with Gasteiger partial charge >= 0.3 is 0 Å². The van der Waals surface area contributed by atoms with E-state index in [4.69, 9.17) is 11.6 Å². The molecule has 7 nitrogen and oxygen atoms in total. The van der Waals surface area contributed by atoms with Gasteiger partial charge in [-0.25, -0.2) is 10.9 Å². The Morgan fingerprint density at radius 2 is 2.00 bits per heavy atom. The van der Waals surface area contributed by atoms with Crippen molar-refractivity contribution in [1.82, 2.24) is 20.7 Å². The predicted octanol–water partition coefficient (Wildman–Crippen LogP) is 2.57. The van der Waals surface area contributed by atoms with Crippen LogP contribution in [0.2, 0.25) is 5.02 Å². The number of nitrogens with one attached hydrogen (secondary N) is 2. The topological polar surface area (TPSA) is 77.6 Å². The monoisotopic (exact) mass is 439 g/mol. The van der Waals surface area contributed by atoms with E-state index in [0.717, 1.165) is 29.7 Å². The largest absolute Gasteiger partial charge is 0.343 e. The minimum absolute atomic E-state index is 0.0442. The normalized spacial score (nSPS) is 24.5. The number of rotatable bonds is 2. The third-order valence-corrected chi connectivity index (χ3v) is 7.24. The van der Waals surface area contributed by atoms with Crippen LogP contribution in [0.5, 0.6) is 0 Å². The molecule has 162 valence electrons. The van der Waals surface area contributed by atoms with E-state index >= 15 is 0 Å². The second-order valence-electron chi connectivity index (χ2n) is 8.79. The molecule has 2 N–H and O–H groups in total. The molecule has 3 aliphatic rings. The quantitative estimate of drug-likeness (QED) is 0.752. The minimum atomic E-state index is -0.318. The Morgan fingerprint density at radius 1 is 1.19 bits per heavy atom. The Labute approximate surface area is 186 Å². The standard InChI is InChI=1S/C23H26ClN5O2/c1-15(30)28-9-6-23(7-10-28)14-29(21-5-4-17(24)11-18(21)23)22(31)20-12-19(26-27-20)16-3-2-8-25-13-16/h2-5,8,11,13,19-20,26-27H,6-7,9-10,12,14H2,1H3. The molecule has 31 heavy (non-hydrogen) atoms. The number of fused-ring (bicyclic) bond motifs is 2. The van der Waals surface area contributed by atoms with Crippen LogP contribution in [0.3, 0.4) is 0 Å². The molecule has 4 heterocycles. The van der Waals surface area contributed by atoms with Crippen LogP contribution in [-0.2, 0) is 15.0 Å². The van der Waals surface area contributed by atoms with Crippen molar-refractivity contribution in [2.75, 3.05) is 24.5 Å². The highest BCUT2D eigenvalue weighted by molar-refractivity contribution is 6.30. The second kappa shape index (κ2) is 7.89. The number of carbonyl (C=O) groups is 2. The molecule has 5 rings (SSSR count). The van der Waals surface area contributed by atoms with Crippen LogP contribution >= 0.6 is 11.6 Å². The van der Waals surface area contributed by atoms with Gasteiger partial charge in [-0.2, -0.15) is 0 Å². The van der Waals surface area contributed by atoms with E-state index in [1.54, 1.807) is 13.1 Å². The molecule has 2 fully saturated rings. The van der Waals surface area contributed by atoms with Gasteiger partial charge in [0.05, 0.1) is 0 Å². The van der Waals surface area contributed by atoms with Crippen molar-refractivity contribution >= 4 is 29.1 Å². The molecule has 0 radical (unpaired) electrons. The molecule has 2 amide bonds. The number of hydrazine groups is 1. The van der Waals surface area contributed by atoms with Crippen molar-refractivity contribution in [3.8, 4) is 0 Å². The van der Waals surface area contributed by atoms with Crippen LogP contribution < -0.4 is 15.8 Å². The number of halogens is 1. The molecule has 0 bridgehead atoms. The van der Waals surface area contributed by atoms with E-state index in [1.165, 1.54) is 0 Å². The molecule has 2 saturated heterocycles. The van der Waals surface area contributed by atoms with Crippen LogP contribution in [0.25, 0.3) is 0 Å². The first-order valence-corrected chi connectivity index (χ1v) is 11.1. The molecule has 2 unspecified atom stereocenters. The van der Waals surface area contributed by atoms with E-state index in [2.05, 4.69) is 15.8 Å². The van der Waals surface area contributed by atoms with E-state index in [9.17, 15) is 9.59 Å². The first kappa shape index (κ1) is 20.4. The summed E-state index contributed by atoms with van der Waals surface area (Å²) in [5.41, 5.74) is 9.42. The Morgan fingerprint density at radius 3 is 2.71 bits per heavy atom. The van der Waals surface area contributed by atoms with Gasteiger partial charge in [0, 0.05) is 61.1 Å². The third kappa shape index (κ3) is 3.60. The van der Waals surface area contributed by atoms with E-state index in [1.807, 2.05) is 46.3 Å². The molecule has 1 aromatic heterocycles. The molecule has 8 heteroatoms. The number of anilines is 1. The maximum Gasteiger partial charge on any atom is 0.245 e. The zero-order valence-corrected chi connectivity index (χ0v) is 18.2. The molecule has 0 aliphatic carbocycles. The molecule has 3 aliphatic heterocycles. The lowest BCUT2D eigenvalue weighted by atomic mass is 9.74. The molecule has 2 atom stereocenters. The van der Waals surface area contributed by atoms with Crippen LogP contribution in [0, 0.1) is 0 Å². The fourth-order valence-corrected chi connectivity index (χ4v) is 5.39. The number of benzene rings is 1. The van der Waals surface area contributed by atoms with Gasteiger partial charge in [0.1, 0.15) is 6.04 Å². The van der Waals surface area contributed by atoms with Crippen LogP contribution in [0.4, 0.5) is 5.69 Å². The summed E-state index contributed by atoms with van der Waals surface area (Å²) < 4.78 is 0. The molecule has 2 aromatic rings. The van der Waals surface area contributed by atoms with Crippen molar-refractivity contribution in [3.63, 3.8) is 0 Å². The van der Waals surface area contributed by atoms with E-state index in [0.29, 0.717) is 31.1 Å². The van der Waals surface area contributed by atoms with Crippen molar-refractivity contribution < 1.29 is 9.59 Å². The number of nitrogens with zero attached hydrogens (tertiary/aromatic N) is 3. The van der Waals surface area contributed by atoms with Gasteiger partial charge in [0.2, 0.25) is 11.8 Å². The molecule has 1 spiro atoms. The number of likely N-dealkylation sites (tertiary alicyclic amines) is 1. The predicted molar refractivity (Wildman–Crippen MR) is 119 cm³/mol. The van der Waals surface area contributed by atoms with Gasteiger partial charge in [-0.3, -0.25) is 14.6 Å². The van der Waals surface area contributed by atoms with E-state index in [-0.39, 0.29) is 29.3 Å². The lowest BCUT2D eigenvalue weighted by Gasteiger charge is -2.39. The highest BCUT2D eigenvalue weighted by Gasteiger charge is 2.48. The number of amides is 2. The summed E-state index contributed by atoms with van der Waals surface area (Å²) in [6.45, 7) is 3.65. The Hall–Kier alpha value is -2.48. The summed E-state index contributed by atoms with van der Waals surface area (Å²) in [4.78, 5) is 33.4. The number of pyridine rings is 1. The van der Waals surface area contributed by atoms with Gasteiger partial charge in [-0.05, 0) is 54.7 Å². The van der Waals surface area contributed by atoms with Crippen LogP contribution in [-0.4, -0.2) is 47.4 Å². The summed E-state index contributed by atoms with van der Waals surface area (Å²) in [6.07, 6.45) is 5.90. The first-order chi connectivity index (χ1) is 15.0. The number of carbonyl (C=O) groups excluding carboxylic acids is 2. The first-order valence-electron chi connectivity index (χ1n) is 10.7. The minimum Gasteiger partial charge on any atom is -0.343 e. The maximum absolute atomic E-state index is 13.6. The van der Waals surface area contributed by atoms with Crippen molar-refractivity contribution in [2.24, 2.45) is 0 Å². The third-order valence-electron chi connectivity index (χ3n) is 7.00. The van der Waals surface area contributed by atoms with Crippen molar-refractivity contribution in [3.05, 3.63) is 58.9 Å². The molecule has 1 aromatic carbocycles. The van der Waals surface area contributed by atoms with Crippen LogP contribution in [0.1, 0.15) is 43.4 Å². The summed E-state index contributed by atoms with van der Waals surface area (Å²) >= 11 is 6.35. The highest BCUT2D eigenvalue weighted by atomic mass is 35.5. The number of piperidine rings is 1. The maximum atomic E-state index is 13.6. The highest BCUT2D eigenvalue weighted by Crippen LogP contribution is 2.48. The van der Waals surface area contributed by atoms with Gasteiger partial charge in [0.25, 0.3) is 0 Å². The number of hydrogen-bond donors (Lipinski definition) is 2. The second-order valence-corrected chi connectivity index (χ2v) is 9.22. The SMILES string of the molecule is CC(=O)N1CCC2(CC1)CN(C(=O)C1CC(c3cccnc3)NN1)c1ccc(Cl)cc12. The Bertz CT molecular complexity index is 1010. The van der Waals surface area contributed by atoms with Gasteiger partial charge in [-0.15, -0.1) is 0 Å². The Balaban J connectivity index is 1.38. The van der Waals surface area contributed by atoms with Crippen molar-refractivity contribution in [2.45, 2.75) is 43.7 Å². The summed E-state index contributed by atoms with van der Waals surface area (Å²) in [7, 11) is 0. The zero-order chi connectivity index (χ0) is 21.6. The molecular formula is C23H26ClN5O2. The zero-order valence-electron chi connectivity index (χ0n) is 17.5. The average molecular weight is 440 g/mol. The van der Waals surface area contributed by atoms with Gasteiger partial charge in [-0.1, -0.05) is 17.7 Å². The fourth-order valence-electron chi connectivity index (χ4n) is 5.22. The van der Waals surface area contributed by atoms with Gasteiger partial charge in [0.15, 0.2) is 0 Å². The summed E-state index contributed by atoms with van der Waals surface area (Å²) in [5, 5.41) is 0.679. The van der Waals surface area contributed by atoms with E-state index < -0.39 is 0 Å². The molecule has 0 saturated carbocycles. The smallest absolute Gasteiger partial charge is 0.245 e. The van der Waals surface area contributed by atoms with Crippen molar-refractivity contribution in [1.29, 1.82) is 0 Å². The lowest BCUT2D eigenvalue weighted by Crippen LogP contribution is -2.50. The fraction of sp³-hybridized carbons (Fsp3) is 0.435. The van der Waals surface area contributed by atoms with Crippen LogP contribution in [0.15, 0.2) is 42.7 Å². The number of aromatic nitrogens is 1. The molecular weight excluding hydrogens is 414 g/mol. The average Bonchev–Trinajstić information content (AvgIpc) is 3.39. The number of hydrogen-bond acceptors (Lipinski definition) is 5.